The molecule has 0 aliphatic carbocycles. The van der Waals surface area contributed by atoms with Crippen molar-refractivity contribution in [1.29, 1.82) is 0 Å². The van der Waals surface area contributed by atoms with Gasteiger partial charge in [0.15, 0.2) is 0 Å². The first-order valence-corrected chi connectivity index (χ1v) is 9.20. The normalized spacial score (nSPS) is 16.8. The summed E-state index contributed by atoms with van der Waals surface area (Å²) in [4.78, 5) is 13.0. The van der Waals surface area contributed by atoms with E-state index in [2.05, 4.69) is 14.9 Å². The molecule has 2 heterocycles. The Labute approximate surface area is 133 Å². The standard InChI is InChI=1S/C14H25N5O2S/c1-5-10-22(20,21)19-8-6-18(7-9-19)14-15-12(2)11-13(16-14)17(3)4/h11H,5-10H2,1-4H3. The lowest BCUT2D eigenvalue weighted by atomic mass is 10.3. The monoisotopic (exact) mass is 327 g/mol. The van der Waals surface area contributed by atoms with E-state index < -0.39 is 10.0 Å². The molecular formula is C14H25N5O2S. The van der Waals surface area contributed by atoms with Crippen LogP contribution in [0.5, 0.6) is 0 Å². The second-order valence-electron chi connectivity index (χ2n) is 5.76. The van der Waals surface area contributed by atoms with Crippen LogP contribution in [-0.2, 0) is 10.0 Å². The number of aromatic nitrogens is 2. The number of hydrogen-bond acceptors (Lipinski definition) is 6. The van der Waals surface area contributed by atoms with Gasteiger partial charge in [-0.25, -0.2) is 13.4 Å². The number of rotatable bonds is 5. The highest BCUT2D eigenvalue weighted by Gasteiger charge is 2.27. The van der Waals surface area contributed by atoms with E-state index in [1.165, 1.54) is 0 Å². The van der Waals surface area contributed by atoms with Crippen LogP contribution in [-0.4, -0.2) is 68.7 Å². The maximum Gasteiger partial charge on any atom is 0.227 e. The van der Waals surface area contributed by atoms with Crippen molar-refractivity contribution < 1.29 is 8.42 Å². The summed E-state index contributed by atoms with van der Waals surface area (Å²) >= 11 is 0. The van der Waals surface area contributed by atoms with Gasteiger partial charge in [0.25, 0.3) is 0 Å². The van der Waals surface area contributed by atoms with Crippen LogP contribution in [0.25, 0.3) is 0 Å². The number of hydrogen-bond donors (Lipinski definition) is 0. The van der Waals surface area contributed by atoms with E-state index in [0.29, 0.717) is 38.5 Å². The predicted octanol–water partition coefficient (Wildman–Crippen LogP) is 0.713. The number of piperazine rings is 1. The third-order valence-corrected chi connectivity index (χ3v) is 5.74. The van der Waals surface area contributed by atoms with Crippen LogP contribution in [0.1, 0.15) is 19.0 Å². The summed E-state index contributed by atoms with van der Waals surface area (Å²) in [6.07, 6.45) is 0.649. The molecule has 0 N–H and O–H groups in total. The second-order valence-corrected chi connectivity index (χ2v) is 7.85. The fourth-order valence-electron chi connectivity index (χ4n) is 2.46. The molecule has 0 aromatic carbocycles. The van der Waals surface area contributed by atoms with Crippen molar-refractivity contribution in [3.05, 3.63) is 11.8 Å². The number of aryl methyl sites for hydroxylation is 1. The Morgan fingerprint density at radius 1 is 1.18 bits per heavy atom. The Morgan fingerprint density at radius 3 is 2.36 bits per heavy atom. The molecule has 0 atom stereocenters. The fourth-order valence-corrected chi connectivity index (χ4v) is 3.95. The van der Waals surface area contributed by atoms with Crippen LogP contribution in [0.4, 0.5) is 11.8 Å². The van der Waals surface area contributed by atoms with Gasteiger partial charge in [-0.15, -0.1) is 0 Å². The third kappa shape index (κ3) is 3.86. The molecule has 1 aromatic heterocycles. The number of sulfonamides is 1. The molecule has 1 fully saturated rings. The van der Waals surface area contributed by atoms with E-state index >= 15 is 0 Å². The second kappa shape index (κ2) is 6.78. The highest BCUT2D eigenvalue weighted by molar-refractivity contribution is 7.89. The van der Waals surface area contributed by atoms with Crippen LogP contribution in [0.2, 0.25) is 0 Å². The molecule has 8 heteroatoms. The van der Waals surface area contributed by atoms with Gasteiger partial charge in [-0.1, -0.05) is 6.92 Å². The van der Waals surface area contributed by atoms with Crippen LogP contribution in [0.3, 0.4) is 0 Å². The molecule has 0 bridgehead atoms. The maximum absolute atomic E-state index is 12.1. The van der Waals surface area contributed by atoms with Gasteiger partial charge in [0, 0.05) is 52.0 Å². The minimum Gasteiger partial charge on any atom is -0.363 e. The van der Waals surface area contributed by atoms with Crippen molar-refractivity contribution in [3.8, 4) is 0 Å². The van der Waals surface area contributed by atoms with E-state index in [-0.39, 0.29) is 5.75 Å². The van der Waals surface area contributed by atoms with Gasteiger partial charge in [0.05, 0.1) is 5.75 Å². The zero-order valence-corrected chi connectivity index (χ0v) is 14.6. The van der Waals surface area contributed by atoms with Gasteiger partial charge < -0.3 is 9.80 Å². The molecule has 1 aromatic rings. The van der Waals surface area contributed by atoms with Gasteiger partial charge in [-0.05, 0) is 13.3 Å². The van der Waals surface area contributed by atoms with Crippen molar-refractivity contribution in [3.63, 3.8) is 0 Å². The zero-order chi connectivity index (χ0) is 16.3. The highest BCUT2D eigenvalue weighted by Crippen LogP contribution is 2.18. The van der Waals surface area contributed by atoms with Crippen molar-refractivity contribution in [1.82, 2.24) is 14.3 Å². The first-order valence-electron chi connectivity index (χ1n) is 7.59. The van der Waals surface area contributed by atoms with E-state index in [0.717, 1.165) is 11.5 Å². The predicted molar refractivity (Wildman–Crippen MR) is 89.0 cm³/mol. The Hall–Kier alpha value is -1.41. The molecule has 7 nitrogen and oxygen atoms in total. The van der Waals surface area contributed by atoms with Crippen molar-refractivity contribution in [2.45, 2.75) is 20.3 Å². The lowest BCUT2D eigenvalue weighted by Gasteiger charge is -2.34. The summed E-state index contributed by atoms with van der Waals surface area (Å²) in [6, 6.07) is 1.94. The zero-order valence-electron chi connectivity index (χ0n) is 13.8. The molecule has 0 saturated carbocycles. The average Bonchev–Trinajstić information content (AvgIpc) is 2.46. The molecule has 1 saturated heterocycles. The molecule has 0 unspecified atom stereocenters. The van der Waals surface area contributed by atoms with Gasteiger partial charge >= 0.3 is 0 Å². The van der Waals surface area contributed by atoms with E-state index in [1.54, 1.807) is 4.31 Å². The van der Waals surface area contributed by atoms with E-state index in [4.69, 9.17) is 0 Å². The minimum atomic E-state index is -3.11. The smallest absolute Gasteiger partial charge is 0.227 e. The molecule has 1 aliphatic heterocycles. The van der Waals surface area contributed by atoms with Gasteiger partial charge in [0.1, 0.15) is 5.82 Å². The van der Waals surface area contributed by atoms with E-state index in [1.807, 2.05) is 38.9 Å². The molecule has 0 radical (unpaired) electrons. The van der Waals surface area contributed by atoms with Crippen LogP contribution >= 0.6 is 0 Å². The molecular weight excluding hydrogens is 302 g/mol. The van der Waals surface area contributed by atoms with Crippen molar-refractivity contribution in [2.24, 2.45) is 0 Å². The molecule has 2 rings (SSSR count). The summed E-state index contributed by atoms with van der Waals surface area (Å²) in [5, 5.41) is 0. The van der Waals surface area contributed by atoms with Crippen LogP contribution < -0.4 is 9.80 Å². The fraction of sp³-hybridized carbons (Fsp3) is 0.714. The quantitative estimate of drug-likeness (QED) is 0.793. The average molecular weight is 327 g/mol. The maximum atomic E-state index is 12.1. The van der Waals surface area contributed by atoms with Crippen molar-refractivity contribution >= 4 is 21.8 Å². The molecule has 22 heavy (non-hydrogen) atoms. The summed E-state index contributed by atoms with van der Waals surface area (Å²) < 4.78 is 25.8. The summed E-state index contributed by atoms with van der Waals surface area (Å²) in [6.45, 7) is 6.07. The SMILES string of the molecule is CCCS(=O)(=O)N1CCN(c2nc(C)cc(N(C)C)n2)CC1. The molecule has 124 valence electrons. The van der Waals surface area contributed by atoms with Gasteiger partial charge in [-0.3, -0.25) is 0 Å². The Morgan fingerprint density at radius 2 is 1.82 bits per heavy atom. The topological polar surface area (TPSA) is 69.6 Å². The number of nitrogens with zero attached hydrogens (tertiary/aromatic N) is 5. The Kier molecular flexibility index (Phi) is 5.23. The summed E-state index contributed by atoms with van der Waals surface area (Å²) in [7, 11) is 0.779. The largest absolute Gasteiger partial charge is 0.363 e. The molecule has 0 spiro atoms. The number of anilines is 2. The molecule has 1 aliphatic rings. The van der Waals surface area contributed by atoms with Gasteiger partial charge in [0.2, 0.25) is 16.0 Å². The van der Waals surface area contributed by atoms with Gasteiger partial charge in [-0.2, -0.15) is 9.29 Å². The van der Waals surface area contributed by atoms with Crippen molar-refractivity contribution in [2.75, 3.05) is 55.8 Å². The molecule has 0 amide bonds. The lowest BCUT2D eigenvalue weighted by Crippen LogP contribution is -2.49. The summed E-state index contributed by atoms with van der Waals surface area (Å²) in [5.41, 5.74) is 0.912. The Bertz CT molecular complexity index is 610. The highest BCUT2D eigenvalue weighted by atomic mass is 32.2. The third-order valence-electron chi connectivity index (χ3n) is 3.66. The summed E-state index contributed by atoms with van der Waals surface area (Å²) in [5.74, 6) is 1.76. The van der Waals surface area contributed by atoms with E-state index in [9.17, 15) is 8.42 Å². The first-order chi connectivity index (χ1) is 10.3. The lowest BCUT2D eigenvalue weighted by molar-refractivity contribution is 0.382. The Balaban J connectivity index is 2.09. The minimum absolute atomic E-state index is 0.221. The van der Waals surface area contributed by atoms with Crippen LogP contribution in [0, 0.1) is 6.92 Å². The van der Waals surface area contributed by atoms with Crippen LogP contribution in [0.15, 0.2) is 6.07 Å². The first kappa shape index (κ1) is 17.0.